The van der Waals surface area contributed by atoms with Gasteiger partial charge in [0.15, 0.2) is 0 Å². The third-order valence-electron chi connectivity index (χ3n) is 2.57. The highest BCUT2D eigenvalue weighted by Gasteiger charge is 2.04. The quantitative estimate of drug-likeness (QED) is 0.478. The second-order valence-corrected chi connectivity index (χ2v) is 3.77. The maximum Gasteiger partial charge on any atom is 0.245 e. The fourth-order valence-electron chi connectivity index (χ4n) is 1.52. The molecule has 0 aliphatic heterocycles. The molecule has 2 rings (SSSR count). The van der Waals surface area contributed by atoms with Gasteiger partial charge in [-0.25, -0.2) is 0 Å². The fourth-order valence-corrected chi connectivity index (χ4v) is 1.52. The minimum Gasteiger partial charge on any atom is -0.594 e. The van der Waals surface area contributed by atoms with Gasteiger partial charge in [-0.05, 0) is 36.4 Å². The van der Waals surface area contributed by atoms with Crippen LogP contribution < -0.4 is 9.47 Å². The van der Waals surface area contributed by atoms with Gasteiger partial charge in [0.05, 0.1) is 14.2 Å². The summed E-state index contributed by atoms with van der Waals surface area (Å²) in [6.07, 6.45) is 0. The number of hydrogen-bond donors (Lipinski definition) is 0. The van der Waals surface area contributed by atoms with Gasteiger partial charge in [-0.2, -0.15) is 0 Å². The molecule has 0 saturated heterocycles. The normalized spacial score (nSPS) is 11.2. The molecule has 0 radical (unpaired) electrons. The van der Waals surface area contributed by atoms with Crippen LogP contribution in [0.3, 0.4) is 0 Å². The lowest BCUT2D eigenvalue weighted by Gasteiger charge is -2.02. The van der Waals surface area contributed by atoms with Crippen LogP contribution in [-0.4, -0.2) is 19.1 Å². The SMILES string of the molecule is COc1ccc(N=[N+]([O-])c2ccc(OC)cc2)cc1. The summed E-state index contributed by atoms with van der Waals surface area (Å²) in [7, 11) is 3.16. The minimum atomic E-state index is 0.441. The Bertz CT molecular complexity index is 562. The van der Waals surface area contributed by atoms with E-state index in [1.54, 1.807) is 62.8 Å². The number of rotatable bonds is 4. The van der Waals surface area contributed by atoms with E-state index in [4.69, 9.17) is 9.47 Å². The van der Waals surface area contributed by atoms with E-state index in [1.165, 1.54) is 0 Å². The number of ether oxygens (including phenoxy) is 2. The van der Waals surface area contributed by atoms with Gasteiger partial charge >= 0.3 is 0 Å². The van der Waals surface area contributed by atoms with E-state index in [9.17, 15) is 5.21 Å². The van der Waals surface area contributed by atoms with Gasteiger partial charge in [-0.1, -0.05) is 4.86 Å². The third-order valence-corrected chi connectivity index (χ3v) is 2.57. The Morgan fingerprint density at radius 1 is 0.842 bits per heavy atom. The molecule has 0 fully saturated rings. The highest BCUT2D eigenvalue weighted by molar-refractivity contribution is 5.41. The van der Waals surface area contributed by atoms with Crippen molar-refractivity contribution in [3.8, 4) is 11.5 Å². The highest BCUT2D eigenvalue weighted by Crippen LogP contribution is 2.22. The topological polar surface area (TPSA) is 56.9 Å². The maximum absolute atomic E-state index is 11.8. The van der Waals surface area contributed by atoms with Crippen molar-refractivity contribution in [3.63, 3.8) is 0 Å². The molecular formula is C14H14N2O3. The summed E-state index contributed by atoms with van der Waals surface area (Å²) in [5, 5.41) is 15.8. The first-order chi connectivity index (χ1) is 9.22. The van der Waals surface area contributed by atoms with Gasteiger partial charge in [-0.3, -0.25) is 0 Å². The first kappa shape index (κ1) is 12.9. The second-order valence-electron chi connectivity index (χ2n) is 3.77. The Hall–Kier alpha value is -2.56. The molecule has 0 N–H and O–H groups in total. The summed E-state index contributed by atoms with van der Waals surface area (Å²) in [5.74, 6) is 1.42. The minimum absolute atomic E-state index is 0.441. The summed E-state index contributed by atoms with van der Waals surface area (Å²) < 4.78 is 10.1. The molecule has 2 aromatic rings. The predicted octanol–water partition coefficient (Wildman–Crippen LogP) is 3.63. The first-order valence-corrected chi connectivity index (χ1v) is 5.70. The molecule has 0 unspecified atom stereocenters. The van der Waals surface area contributed by atoms with Crippen molar-refractivity contribution in [2.45, 2.75) is 0 Å². The van der Waals surface area contributed by atoms with E-state index in [0.717, 1.165) is 5.75 Å². The number of benzene rings is 2. The molecule has 5 nitrogen and oxygen atoms in total. The third kappa shape index (κ3) is 3.22. The summed E-state index contributed by atoms with van der Waals surface area (Å²) in [4.78, 5) is 0.571. The van der Waals surface area contributed by atoms with Gasteiger partial charge in [-0.15, -0.1) is 0 Å². The van der Waals surface area contributed by atoms with Crippen LogP contribution >= 0.6 is 0 Å². The van der Waals surface area contributed by atoms with Crippen LogP contribution in [-0.2, 0) is 0 Å². The number of nitrogens with zero attached hydrogens (tertiary/aromatic N) is 2. The van der Waals surface area contributed by atoms with Crippen LogP contribution in [0, 0.1) is 5.21 Å². The molecule has 0 spiro atoms. The van der Waals surface area contributed by atoms with Crippen molar-refractivity contribution in [2.24, 2.45) is 5.11 Å². The Labute approximate surface area is 111 Å². The molecule has 5 heteroatoms. The van der Waals surface area contributed by atoms with Gasteiger partial charge in [0.1, 0.15) is 17.2 Å². The van der Waals surface area contributed by atoms with Crippen molar-refractivity contribution < 1.29 is 14.3 Å². The average molecular weight is 258 g/mol. The van der Waals surface area contributed by atoms with E-state index in [0.29, 0.717) is 22.0 Å². The number of methoxy groups -OCH3 is 2. The molecule has 0 aliphatic carbocycles. The zero-order valence-corrected chi connectivity index (χ0v) is 10.7. The molecule has 0 saturated carbocycles. The molecule has 19 heavy (non-hydrogen) atoms. The lowest BCUT2D eigenvalue weighted by molar-refractivity contribution is -0.435. The summed E-state index contributed by atoms with van der Waals surface area (Å²) in [6.45, 7) is 0. The molecule has 0 aromatic heterocycles. The predicted molar refractivity (Wildman–Crippen MR) is 71.4 cm³/mol. The lowest BCUT2D eigenvalue weighted by atomic mass is 10.3. The molecule has 0 atom stereocenters. The molecule has 98 valence electrons. The van der Waals surface area contributed by atoms with E-state index >= 15 is 0 Å². The Morgan fingerprint density at radius 3 is 1.79 bits per heavy atom. The van der Waals surface area contributed by atoms with Crippen LogP contribution in [0.4, 0.5) is 11.4 Å². The maximum atomic E-state index is 11.8. The van der Waals surface area contributed by atoms with Crippen LogP contribution in [0.5, 0.6) is 11.5 Å². The van der Waals surface area contributed by atoms with Crippen molar-refractivity contribution in [3.05, 3.63) is 53.7 Å². The molecule has 0 aliphatic rings. The largest absolute Gasteiger partial charge is 0.594 e. The van der Waals surface area contributed by atoms with Crippen molar-refractivity contribution >= 4 is 11.4 Å². The van der Waals surface area contributed by atoms with Crippen molar-refractivity contribution in [1.82, 2.24) is 0 Å². The Kier molecular flexibility index (Phi) is 3.97. The zero-order chi connectivity index (χ0) is 13.7. The number of hydrogen-bond acceptors (Lipinski definition) is 4. The van der Waals surface area contributed by atoms with Crippen molar-refractivity contribution in [1.29, 1.82) is 0 Å². The van der Waals surface area contributed by atoms with Crippen LogP contribution in [0.1, 0.15) is 0 Å². The Morgan fingerprint density at radius 2 is 1.32 bits per heavy atom. The van der Waals surface area contributed by atoms with E-state index in [1.807, 2.05) is 0 Å². The smallest absolute Gasteiger partial charge is 0.245 e. The molecule has 0 amide bonds. The van der Waals surface area contributed by atoms with Crippen LogP contribution in [0.2, 0.25) is 0 Å². The average Bonchev–Trinajstić information content (AvgIpc) is 2.48. The van der Waals surface area contributed by atoms with E-state index < -0.39 is 0 Å². The monoisotopic (exact) mass is 258 g/mol. The summed E-state index contributed by atoms with van der Waals surface area (Å²) in [5.41, 5.74) is 1.00. The molecule has 0 bridgehead atoms. The molecule has 2 aromatic carbocycles. The Balaban J connectivity index is 2.20. The standard InChI is InChI=1S/C14H14N2O3/c1-18-13-7-3-11(4-8-13)15-16(17)12-5-9-14(19-2)10-6-12/h3-10H,1-2H3. The van der Waals surface area contributed by atoms with Crippen LogP contribution in [0.25, 0.3) is 0 Å². The van der Waals surface area contributed by atoms with E-state index in [-0.39, 0.29) is 0 Å². The van der Waals surface area contributed by atoms with Crippen LogP contribution in [0.15, 0.2) is 53.6 Å². The fraction of sp³-hybridized carbons (Fsp3) is 0.143. The first-order valence-electron chi connectivity index (χ1n) is 5.70. The lowest BCUT2D eigenvalue weighted by Crippen LogP contribution is -1.91. The van der Waals surface area contributed by atoms with Gasteiger partial charge < -0.3 is 14.7 Å². The number of azo groups is 1. The second kappa shape index (κ2) is 5.86. The molecule has 0 heterocycles. The highest BCUT2D eigenvalue weighted by atomic mass is 16.5. The summed E-state index contributed by atoms with van der Waals surface area (Å²) in [6, 6.07) is 13.7. The zero-order valence-electron chi connectivity index (χ0n) is 10.7. The molecular weight excluding hydrogens is 244 g/mol. The van der Waals surface area contributed by atoms with E-state index in [2.05, 4.69) is 5.11 Å². The summed E-state index contributed by atoms with van der Waals surface area (Å²) >= 11 is 0. The van der Waals surface area contributed by atoms with Gasteiger partial charge in [0.25, 0.3) is 0 Å². The van der Waals surface area contributed by atoms with Gasteiger partial charge in [0, 0.05) is 17.2 Å². The van der Waals surface area contributed by atoms with Gasteiger partial charge in [0.2, 0.25) is 5.69 Å². The van der Waals surface area contributed by atoms with Crippen molar-refractivity contribution in [2.75, 3.05) is 14.2 Å².